The van der Waals surface area contributed by atoms with Crippen LogP contribution in [0.4, 0.5) is 0 Å². The van der Waals surface area contributed by atoms with E-state index in [1.165, 1.54) is 6.26 Å². The molecule has 18 heavy (non-hydrogen) atoms. The van der Waals surface area contributed by atoms with Gasteiger partial charge in [0, 0.05) is 19.1 Å². The monoisotopic (exact) mass is 276 g/mol. The van der Waals surface area contributed by atoms with E-state index in [1.54, 1.807) is 4.31 Å². The van der Waals surface area contributed by atoms with Crippen molar-refractivity contribution in [1.29, 1.82) is 0 Å². The molecule has 1 saturated heterocycles. The van der Waals surface area contributed by atoms with Crippen molar-refractivity contribution in [2.75, 3.05) is 25.9 Å². The average molecular weight is 276 g/mol. The minimum atomic E-state index is -3.01. The van der Waals surface area contributed by atoms with Gasteiger partial charge in [0.25, 0.3) is 0 Å². The Kier molecular flexibility index (Phi) is 6.08. The van der Waals surface area contributed by atoms with Gasteiger partial charge in [0.15, 0.2) is 0 Å². The number of rotatable bonds is 6. The van der Waals surface area contributed by atoms with Crippen molar-refractivity contribution in [3.63, 3.8) is 0 Å². The zero-order valence-corrected chi connectivity index (χ0v) is 13.0. The highest BCUT2D eigenvalue weighted by atomic mass is 32.2. The molecule has 0 aliphatic carbocycles. The van der Waals surface area contributed by atoms with Crippen LogP contribution in [-0.4, -0.2) is 44.7 Å². The largest absolute Gasteiger partial charge is 0.313 e. The Labute approximate surface area is 112 Å². The number of hydrogen-bond acceptors (Lipinski definition) is 3. The first-order valence-electron chi connectivity index (χ1n) is 7.03. The summed E-state index contributed by atoms with van der Waals surface area (Å²) in [5.74, 6) is 1.09. The van der Waals surface area contributed by atoms with Crippen LogP contribution < -0.4 is 5.32 Å². The zero-order valence-electron chi connectivity index (χ0n) is 12.1. The molecule has 1 N–H and O–H groups in total. The van der Waals surface area contributed by atoms with Gasteiger partial charge in [0.2, 0.25) is 10.0 Å². The molecule has 0 saturated carbocycles. The van der Waals surface area contributed by atoms with E-state index in [0.717, 1.165) is 25.8 Å². The van der Waals surface area contributed by atoms with Crippen molar-refractivity contribution in [3.05, 3.63) is 0 Å². The number of nitrogens with zero attached hydrogens (tertiary/aromatic N) is 1. The predicted octanol–water partition coefficient (Wildman–Crippen LogP) is 1.68. The summed E-state index contributed by atoms with van der Waals surface area (Å²) in [7, 11) is -3.01. The molecule has 4 nitrogen and oxygen atoms in total. The van der Waals surface area contributed by atoms with Gasteiger partial charge in [-0.3, -0.25) is 0 Å². The number of sulfonamides is 1. The summed E-state index contributed by atoms with van der Waals surface area (Å²) >= 11 is 0. The Balaban J connectivity index is 2.43. The minimum absolute atomic E-state index is 0.460. The third kappa shape index (κ3) is 4.86. The summed E-state index contributed by atoms with van der Waals surface area (Å²) in [6.45, 7) is 8.96. The number of piperidine rings is 1. The van der Waals surface area contributed by atoms with Gasteiger partial charge >= 0.3 is 0 Å². The molecule has 108 valence electrons. The zero-order chi connectivity index (χ0) is 13.8. The van der Waals surface area contributed by atoms with Gasteiger partial charge in [-0.15, -0.1) is 0 Å². The van der Waals surface area contributed by atoms with Crippen LogP contribution in [0, 0.1) is 11.8 Å². The topological polar surface area (TPSA) is 49.4 Å². The average Bonchev–Trinajstić information content (AvgIpc) is 2.28. The van der Waals surface area contributed by atoms with E-state index in [0.29, 0.717) is 31.0 Å². The fourth-order valence-corrected chi connectivity index (χ4v) is 3.61. The molecule has 1 rings (SSSR count). The molecule has 0 radical (unpaired) electrons. The standard InChI is InChI=1S/C13H28N2O2S/c1-5-13(11(2)3)14-9-12-7-6-8-15(10-12)18(4,16)17/h11-14H,5-10H2,1-4H3. The maximum absolute atomic E-state index is 11.5. The second-order valence-corrected chi connectivity index (χ2v) is 7.78. The molecule has 1 heterocycles. The molecule has 0 aromatic rings. The molecule has 5 heteroatoms. The van der Waals surface area contributed by atoms with E-state index >= 15 is 0 Å². The lowest BCUT2D eigenvalue weighted by Crippen LogP contribution is -2.44. The number of nitrogens with one attached hydrogen (secondary N) is 1. The molecular formula is C13H28N2O2S. The molecule has 0 spiro atoms. The van der Waals surface area contributed by atoms with Crippen molar-refractivity contribution in [2.24, 2.45) is 11.8 Å². The van der Waals surface area contributed by atoms with E-state index in [9.17, 15) is 8.42 Å². The number of hydrogen-bond donors (Lipinski definition) is 1. The van der Waals surface area contributed by atoms with Crippen molar-refractivity contribution in [3.8, 4) is 0 Å². The molecule has 0 amide bonds. The Morgan fingerprint density at radius 3 is 2.56 bits per heavy atom. The van der Waals surface area contributed by atoms with Crippen LogP contribution in [0.1, 0.15) is 40.0 Å². The van der Waals surface area contributed by atoms with Crippen LogP contribution in [0.2, 0.25) is 0 Å². The molecule has 0 aromatic carbocycles. The Morgan fingerprint density at radius 1 is 1.39 bits per heavy atom. The summed E-state index contributed by atoms with van der Waals surface area (Å²) in [6.07, 6.45) is 4.55. The van der Waals surface area contributed by atoms with Crippen molar-refractivity contribution in [1.82, 2.24) is 9.62 Å². The third-order valence-electron chi connectivity index (χ3n) is 3.86. The van der Waals surface area contributed by atoms with Crippen molar-refractivity contribution >= 4 is 10.0 Å². The second kappa shape index (κ2) is 6.87. The molecular weight excluding hydrogens is 248 g/mol. The fraction of sp³-hybridized carbons (Fsp3) is 1.00. The summed E-state index contributed by atoms with van der Waals surface area (Å²) in [4.78, 5) is 0. The summed E-state index contributed by atoms with van der Waals surface area (Å²) in [5, 5.41) is 3.59. The van der Waals surface area contributed by atoms with Gasteiger partial charge in [0.05, 0.1) is 6.26 Å². The van der Waals surface area contributed by atoms with Crippen LogP contribution in [0.5, 0.6) is 0 Å². The summed E-state index contributed by atoms with van der Waals surface area (Å²) in [6, 6.07) is 0.540. The van der Waals surface area contributed by atoms with Crippen LogP contribution in [0.15, 0.2) is 0 Å². The van der Waals surface area contributed by atoms with Crippen LogP contribution >= 0.6 is 0 Å². The summed E-state index contributed by atoms with van der Waals surface area (Å²) < 4.78 is 24.7. The van der Waals surface area contributed by atoms with Crippen LogP contribution in [0.25, 0.3) is 0 Å². The highest BCUT2D eigenvalue weighted by Gasteiger charge is 2.26. The first kappa shape index (κ1) is 15.9. The molecule has 1 aliphatic heterocycles. The van der Waals surface area contributed by atoms with Crippen LogP contribution in [-0.2, 0) is 10.0 Å². The first-order valence-corrected chi connectivity index (χ1v) is 8.88. The van der Waals surface area contributed by atoms with E-state index in [1.807, 2.05) is 0 Å². The third-order valence-corrected chi connectivity index (χ3v) is 5.13. The van der Waals surface area contributed by atoms with E-state index in [2.05, 4.69) is 26.1 Å². The van der Waals surface area contributed by atoms with Crippen LogP contribution in [0.3, 0.4) is 0 Å². The fourth-order valence-electron chi connectivity index (χ4n) is 2.66. The van der Waals surface area contributed by atoms with E-state index in [4.69, 9.17) is 0 Å². The second-order valence-electron chi connectivity index (χ2n) is 5.80. The lowest BCUT2D eigenvalue weighted by atomic mass is 9.97. The van der Waals surface area contributed by atoms with E-state index in [-0.39, 0.29) is 0 Å². The first-order chi connectivity index (χ1) is 8.34. The quantitative estimate of drug-likeness (QED) is 0.803. The van der Waals surface area contributed by atoms with Gasteiger partial charge in [-0.2, -0.15) is 0 Å². The van der Waals surface area contributed by atoms with Gasteiger partial charge in [0.1, 0.15) is 0 Å². The Morgan fingerprint density at radius 2 is 2.06 bits per heavy atom. The Bertz CT molecular complexity index is 341. The lowest BCUT2D eigenvalue weighted by molar-refractivity contribution is 0.246. The molecule has 0 aromatic heterocycles. The molecule has 2 atom stereocenters. The van der Waals surface area contributed by atoms with E-state index < -0.39 is 10.0 Å². The van der Waals surface area contributed by atoms with Crippen molar-refractivity contribution in [2.45, 2.75) is 46.1 Å². The molecule has 2 unspecified atom stereocenters. The maximum Gasteiger partial charge on any atom is 0.211 e. The summed E-state index contributed by atoms with van der Waals surface area (Å²) in [5.41, 5.74) is 0. The van der Waals surface area contributed by atoms with Gasteiger partial charge < -0.3 is 5.32 Å². The van der Waals surface area contributed by atoms with Gasteiger partial charge in [-0.1, -0.05) is 20.8 Å². The Hall–Kier alpha value is -0.130. The predicted molar refractivity (Wildman–Crippen MR) is 76.1 cm³/mol. The molecule has 1 aliphatic rings. The SMILES string of the molecule is CCC(NCC1CCCN(S(C)(=O)=O)C1)C(C)C. The minimum Gasteiger partial charge on any atom is -0.313 e. The van der Waals surface area contributed by atoms with Gasteiger partial charge in [-0.05, 0) is 37.6 Å². The normalized spacial score (nSPS) is 24.4. The lowest BCUT2D eigenvalue weighted by Gasteiger charge is -2.32. The smallest absolute Gasteiger partial charge is 0.211 e. The highest BCUT2D eigenvalue weighted by Crippen LogP contribution is 2.18. The van der Waals surface area contributed by atoms with Crippen molar-refractivity contribution < 1.29 is 8.42 Å². The highest BCUT2D eigenvalue weighted by molar-refractivity contribution is 7.88. The molecule has 0 bridgehead atoms. The van der Waals surface area contributed by atoms with Gasteiger partial charge in [-0.25, -0.2) is 12.7 Å². The maximum atomic E-state index is 11.5. The molecule has 1 fully saturated rings.